The Labute approximate surface area is 307 Å². The van der Waals surface area contributed by atoms with Gasteiger partial charge in [-0.15, -0.1) is 0 Å². The van der Waals surface area contributed by atoms with Crippen molar-refractivity contribution < 1.29 is 48.2 Å². The van der Waals surface area contributed by atoms with Crippen LogP contribution in [0.25, 0.3) is 10.4 Å². The molecule has 0 amide bonds. The van der Waals surface area contributed by atoms with E-state index in [2.05, 4.69) is 10.0 Å². The summed E-state index contributed by atoms with van der Waals surface area (Å²) in [4.78, 5) is 3.03. The molecule has 14 heteroatoms. The van der Waals surface area contributed by atoms with Gasteiger partial charge in [0.15, 0.2) is 14.6 Å². The van der Waals surface area contributed by atoms with E-state index in [4.69, 9.17) is 32.8 Å². The molecule has 0 aliphatic carbocycles. The first-order chi connectivity index (χ1) is 24.8. The van der Waals surface area contributed by atoms with Gasteiger partial charge in [-0.3, -0.25) is 0 Å². The van der Waals surface area contributed by atoms with Crippen molar-refractivity contribution in [2.24, 2.45) is 5.11 Å². The monoisotopic (exact) mass is 739 g/mol. The maximum atomic E-state index is 11.9. The SMILES string of the molecule is COCO[C@H]1[C@H]([C@@H](O)[C@@H](O)[C@@H](O)COC(c2ccccc2)(c2ccccc2)c2ccccc2)O[C@@H](O[Si](C)(C)C(C)(C)C)[C@H](N=[N+]=[N-])[C@@H]1OCOC. The largest absolute Gasteiger partial charge is 0.392 e. The number of aliphatic hydroxyl groups excluding tert-OH is 3. The van der Waals surface area contributed by atoms with E-state index in [0.717, 1.165) is 16.7 Å². The minimum absolute atomic E-state index is 0.218. The fraction of sp³-hybridized carbons (Fsp3) is 0.526. The highest BCUT2D eigenvalue weighted by atomic mass is 28.4. The second-order valence-corrected chi connectivity index (χ2v) is 19.0. The molecule has 3 aromatic rings. The van der Waals surface area contributed by atoms with E-state index < -0.39 is 69.5 Å². The van der Waals surface area contributed by atoms with Gasteiger partial charge in [-0.1, -0.05) is 117 Å². The molecule has 284 valence electrons. The van der Waals surface area contributed by atoms with Crippen molar-refractivity contribution in [1.29, 1.82) is 0 Å². The lowest BCUT2D eigenvalue weighted by atomic mass is 9.80. The van der Waals surface area contributed by atoms with E-state index in [1.807, 2.05) is 125 Å². The summed E-state index contributed by atoms with van der Waals surface area (Å²) in [5.74, 6) is 0. The van der Waals surface area contributed by atoms with Crippen LogP contribution in [-0.4, -0.2) is 107 Å². The van der Waals surface area contributed by atoms with Crippen LogP contribution >= 0.6 is 0 Å². The Balaban J connectivity index is 1.70. The third-order valence-electron chi connectivity index (χ3n) is 9.81. The standard InChI is InChI=1S/C38H53N3O10Si/c1-37(2,3)52(6,7)51-36-30(40-41-39)33(47-24-45-4)35(48-25-46-5)34(50-36)32(44)31(43)29(42)23-49-38(26-17-11-8-12-18-26,27-19-13-9-14-20-27)28-21-15-10-16-22-28/h8-22,29-36,42-44H,23-25H2,1-7H3/t29-,30+,31-,32-,33-,34-,35+,36-/m0/s1. The zero-order valence-corrected chi connectivity index (χ0v) is 31.9. The lowest BCUT2D eigenvalue weighted by Gasteiger charge is -2.49. The first-order valence-corrected chi connectivity index (χ1v) is 20.2. The van der Waals surface area contributed by atoms with Crippen LogP contribution in [0.15, 0.2) is 96.1 Å². The average molecular weight is 740 g/mol. The summed E-state index contributed by atoms with van der Waals surface area (Å²) >= 11 is 0. The first kappa shape index (κ1) is 41.5. The number of ether oxygens (including phenoxy) is 6. The van der Waals surface area contributed by atoms with Crippen LogP contribution in [0.1, 0.15) is 37.5 Å². The molecule has 4 rings (SSSR count). The number of azide groups is 1. The number of methoxy groups -OCH3 is 2. The number of hydrogen-bond acceptors (Lipinski definition) is 11. The zero-order valence-electron chi connectivity index (χ0n) is 30.9. The molecule has 13 nitrogen and oxygen atoms in total. The molecule has 1 saturated heterocycles. The molecule has 0 aromatic heterocycles. The van der Waals surface area contributed by atoms with Gasteiger partial charge >= 0.3 is 0 Å². The number of nitrogens with zero attached hydrogens (tertiary/aromatic N) is 3. The topological polar surface area (TPSA) is 174 Å². The van der Waals surface area contributed by atoms with E-state index in [9.17, 15) is 20.9 Å². The summed E-state index contributed by atoms with van der Waals surface area (Å²) in [5.41, 5.74) is 10.8. The molecular formula is C38H53N3O10Si. The van der Waals surface area contributed by atoms with Gasteiger partial charge in [0, 0.05) is 19.1 Å². The lowest BCUT2D eigenvalue weighted by Crippen LogP contribution is -2.66. The van der Waals surface area contributed by atoms with Crippen molar-refractivity contribution in [3.8, 4) is 0 Å². The molecule has 8 atom stereocenters. The molecule has 1 fully saturated rings. The fourth-order valence-corrected chi connectivity index (χ4v) is 7.17. The molecule has 0 spiro atoms. The minimum atomic E-state index is -2.59. The molecule has 0 bridgehead atoms. The van der Waals surface area contributed by atoms with Crippen LogP contribution in [-0.2, 0) is 38.4 Å². The Morgan fingerprint density at radius 1 is 0.788 bits per heavy atom. The van der Waals surface area contributed by atoms with Gasteiger partial charge in [0.1, 0.15) is 61.9 Å². The third kappa shape index (κ3) is 9.47. The molecule has 52 heavy (non-hydrogen) atoms. The van der Waals surface area contributed by atoms with Gasteiger partial charge in [-0.05, 0) is 40.4 Å². The maximum Gasteiger partial charge on any atom is 0.195 e. The maximum absolute atomic E-state index is 11.9. The van der Waals surface area contributed by atoms with Gasteiger partial charge in [-0.25, -0.2) is 0 Å². The highest BCUT2D eigenvalue weighted by Gasteiger charge is 2.54. The molecular weight excluding hydrogens is 687 g/mol. The lowest BCUT2D eigenvalue weighted by molar-refractivity contribution is -0.300. The average Bonchev–Trinajstić information content (AvgIpc) is 3.14. The summed E-state index contributed by atoms with van der Waals surface area (Å²) < 4.78 is 42.0. The Hall–Kier alpha value is -3.21. The van der Waals surface area contributed by atoms with Crippen LogP contribution < -0.4 is 0 Å². The third-order valence-corrected chi connectivity index (χ3v) is 14.2. The molecule has 1 aliphatic rings. The molecule has 0 saturated carbocycles. The second kappa shape index (κ2) is 18.7. The summed E-state index contributed by atoms with van der Waals surface area (Å²) in [6, 6.07) is 27.7. The summed E-state index contributed by atoms with van der Waals surface area (Å²) in [7, 11) is 0.264. The minimum Gasteiger partial charge on any atom is -0.392 e. The van der Waals surface area contributed by atoms with E-state index in [-0.39, 0.29) is 18.6 Å². The zero-order chi connectivity index (χ0) is 37.9. The molecule has 0 unspecified atom stereocenters. The van der Waals surface area contributed by atoms with Crippen molar-refractivity contribution in [1.82, 2.24) is 0 Å². The number of aliphatic hydroxyl groups is 3. The number of rotatable bonds is 18. The molecule has 1 aliphatic heterocycles. The normalized spacial score (nSPS) is 23.0. The summed E-state index contributed by atoms with van der Waals surface area (Å²) in [6.45, 7) is 9.26. The van der Waals surface area contributed by atoms with Crippen LogP contribution in [0.3, 0.4) is 0 Å². The molecule has 0 radical (unpaired) electrons. The van der Waals surface area contributed by atoms with Crippen LogP contribution in [0, 0.1) is 0 Å². The van der Waals surface area contributed by atoms with Crippen molar-refractivity contribution in [3.63, 3.8) is 0 Å². The molecule has 3 aromatic carbocycles. The number of benzene rings is 3. The predicted molar refractivity (Wildman–Crippen MR) is 197 cm³/mol. The van der Waals surface area contributed by atoms with Crippen LogP contribution in [0.5, 0.6) is 0 Å². The predicted octanol–water partition coefficient (Wildman–Crippen LogP) is 5.48. The highest BCUT2D eigenvalue weighted by Crippen LogP contribution is 2.42. The summed E-state index contributed by atoms with van der Waals surface area (Å²) in [6.07, 6.45) is -10.0. The van der Waals surface area contributed by atoms with Crippen molar-refractivity contribution in [2.45, 2.75) is 93.5 Å². The van der Waals surface area contributed by atoms with E-state index in [1.54, 1.807) is 0 Å². The van der Waals surface area contributed by atoms with Crippen molar-refractivity contribution in [3.05, 3.63) is 118 Å². The fourth-order valence-electron chi connectivity index (χ4n) is 6.04. The summed E-state index contributed by atoms with van der Waals surface area (Å²) in [5, 5.41) is 38.8. The van der Waals surface area contributed by atoms with E-state index in [1.165, 1.54) is 14.2 Å². The van der Waals surface area contributed by atoms with Crippen LogP contribution in [0.2, 0.25) is 18.1 Å². The number of hydrogen-bond donors (Lipinski definition) is 3. The first-order valence-electron chi connectivity index (χ1n) is 17.3. The Bertz CT molecular complexity index is 1450. The molecule has 1 heterocycles. The molecule has 3 N–H and O–H groups in total. The Morgan fingerprint density at radius 3 is 1.67 bits per heavy atom. The van der Waals surface area contributed by atoms with Crippen molar-refractivity contribution in [2.75, 3.05) is 34.4 Å². The highest BCUT2D eigenvalue weighted by molar-refractivity contribution is 6.74. The smallest absolute Gasteiger partial charge is 0.195 e. The Morgan fingerprint density at radius 2 is 1.25 bits per heavy atom. The van der Waals surface area contributed by atoms with Crippen LogP contribution in [0.4, 0.5) is 0 Å². The van der Waals surface area contributed by atoms with Gasteiger partial charge in [0.2, 0.25) is 0 Å². The van der Waals surface area contributed by atoms with Gasteiger partial charge in [-0.2, -0.15) is 0 Å². The quantitative estimate of drug-likeness (QED) is 0.0379. The van der Waals surface area contributed by atoms with Gasteiger partial charge < -0.3 is 48.2 Å². The van der Waals surface area contributed by atoms with E-state index >= 15 is 0 Å². The van der Waals surface area contributed by atoms with Gasteiger partial charge in [0.25, 0.3) is 0 Å². The second-order valence-electron chi connectivity index (χ2n) is 14.3. The Kier molecular flexibility index (Phi) is 14.9. The van der Waals surface area contributed by atoms with Crippen molar-refractivity contribution >= 4 is 8.32 Å². The van der Waals surface area contributed by atoms with E-state index in [0.29, 0.717) is 0 Å². The van der Waals surface area contributed by atoms with Gasteiger partial charge in [0.05, 0.1) is 6.61 Å².